The van der Waals surface area contributed by atoms with Crippen molar-refractivity contribution in [1.82, 2.24) is 0 Å². The number of benzene rings is 2. The topological polar surface area (TPSA) is 55.1 Å². The van der Waals surface area contributed by atoms with Crippen LogP contribution in [0.2, 0.25) is 5.02 Å². The third kappa shape index (κ3) is 3.59. The highest BCUT2D eigenvalue weighted by Gasteiger charge is 2.09. The number of nitrogens with two attached hydrogens (primary N) is 1. The van der Waals surface area contributed by atoms with Gasteiger partial charge in [-0.2, -0.15) is 0 Å². The highest BCUT2D eigenvalue weighted by molar-refractivity contribution is 6.33. The number of carbonyl (C=O) groups excluding carboxylic acids is 1. The first kappa shape index (κ1) is 14.6. The predicted molar refractivity (Wildman–Crippen MR) is 82.9 cm³/mol. The second kappa shape index (κ2) is 6.55. The molecule has 0 aromatic heterocycles. The van der Waals surface area contributed by atoms with Crippen LogP contribution in [-0.2, 0) is 17.8 Å². The van der Waals surface area contributed by atoms with E-state index in [1.54, 1.807) is 0 Å². The summed E-state index contributed by atoms with van der Waals surface area (Å²) in [6.07, 6.45) is 0.289. The second-order valence-electron chi connectivity index (χ2n) is 4.68. The van der Waals surface area contributed by atoms with E-state index in [1.165, 1.54) is 0 Å². The van der Waals surface area contributed by atoms with Gasteiger partial charge in [0.05, 0.1) is 17.1 Å². The van der Waals surface area contributed by atoms with Crippen LogP contribution in [0.5, 0.6) is 0 Å². The van der Waals surface area contributed by atoms with Crippen molar-refractivity contribution < 1.29 is 4.79 Å². The molecule has 2 aromatic carbocycles. The Labute approximate surface area is 123 Å². The number of halogens is 1. The smallest absolute Gasteiger partial charge is 0.228 e. The Hall–Kier alpha value is -1.84. The molecule has 104 valence electrons. The van der Waals surface area contributed by atoms with Gasteiger partial charge >= 0.3 is 0 Å². The van der Waals surface area contributed by atoms with E-state index < -0.39 is 0 Å². The molecular weight excluding hydrogens is 272 g/mol. The number of amides is 1. The minimum Gasteiger partial charge on any atom is -0.326 e. The molecule has 0 saturated heterocycles. The summed E-state index contributed by atoms with van der Waals surface area (Å²) in [7, 11) is 0. The summed E-state index contributed by atoms with van der Waals surface area (Å²) in [5.41, 5.74) is 9.28. The lowest BCUT2D eigenvalue weighted by Crippen LogP contribution is -2.16. The molecule has 0 unspecified atom stereocenters. The quantitative estimate of drug-likeness (QED) is 0.907. The lowest BCUT2D eigenvalue weighted by molar-refractivity contribution is -0.115. The monoisotopic (exact) mass is 288 g/mol. The molecule has 0 heterocycles. The molecular formula is C16H17ClN2O. The summed E-state index contributed by atoms with van der Waals surface area (Å²) in [6, 6.07) is 13.2. The van der Waals surface area contributed by atoms with Crippen LogP contribution < -0.4 is 11.1 Å². The zero-order valence-corrected chi connectivity index (χ0v) is 12.1. The fourth-order valence-corrected chi connectivity index (χ4v) is 2.30. The van der Waals surface area contributed by atoms with E-state index in [0.29, 0.717) is 17.3 Å². The first-order valence-corrected chi connectivity index (χ1v) is 6.81. The molecule has 0 atom stereocenters. The summed E-state index contributed by atoms with van der Waals surface area (Å²) >= 11 is 6.10. The molecule has 0 bridgehead atoms. The lowest BCUT2D eigenvalue weighted by atomic mass is 10.0. The van der Waals surface area contributed by atoms with E-state index in [0.717, 1.165) is 16.7 Å². The van der Waals surface area contributed by atoms with E-state index in [4.69, 9.17) is 17.3 Å². The van der Waals surface area contributed by atoms with Gasteiger partial charge in [0, 0.05) is 6.54 Å². The Bertz CT molecular complexity index is 626. The van der Waals surface area contributed by atoms with Crippen LogP contribution in [0.25, 0.3) is 0 Å². The zero-order valence-electron chi connectivity index (χ0n) is 11.3. The highest BCUT2D eigenvalue weighted by atomic mass is 35.5. The first-order valence-electron chi connectivity index (χ1n) is 6.43. The van der Waals surface area contributed by atoms with Crippen LogP contribution in [0.3, 0.4) is 0 Å². The molecule has 20 heavy (non-hydrogen) atoms. The van der Waals surface area contributed by atoms with E-state index in [1.807, 2.05) is 49.4 Å². The third-order valence-electron chi connectivity index (χ3n) is 3.09. The molecule has 0 aliphatic rings. The number of rotatable bonds is 4. The standard InChI is InChI=1S/C16H17ClN2O/c1-11-6-7-15(14(17)8-11)19-16(20)9-12-4-2-3-5-13(12)10-18/h2-8H,9-10,18H2,1H3,(H,19,20). The Kier molecular flexibility index (Phi) is 4.77. The van der Waals surface area contributed by atoms with Gasteiger partial charge in [0.2, 0.25) is 5.91 Å². The van der Waals surface area contributed by atoms with Gasteiger partial charge < -0.3 is 11.1 Å². The zero-order chi connectivity index (χ0) is 14.5. The van der Waals surface area contributed by atoms with Gasteiger partial charge in [-0.25, -0.2) is 0 Å². The highest BCUT2D eigenvalue weighted by Crippen LogP contribution is 2.23. The molecule has 0 radical (unpaired) electrons. The fraction of sp³-hybridized carbons (Fsp3) is 0.188. The average molecular weight is 289 g/mol. The molecule has 0 aliphatic heterocycles. The van der Waals surface area contributed by atoms with Crippen molar-refractivity contribution in [3.05, 3.63) is 64.2 Å². The molecule has 0 spiro atoms. The summed E-state index contributed by atoms with van der Waals surface area (Å²) in [6.45, 7) is 2.38. The Morgan fingerprint density at radius 1 is 1.20 bits per heavy atom. The van der Waals surface area contributed by atoms with Crippen LogP contribution in [0, 0.1) is 6.92 Å². The minimum absolute atomic E-state index is 0.100. The predicted octanol–water partition coefficient (Wildman–Crippen LogP) is 3.29. The number of hydrogen-bond acceptors (Lipinski definition) is 2. The number of carbonyl (C=O) groups is 1. The van der Waals surface area contributed by atoms with Gasteiger partial charge in [0.15, 0.2) is 0 Å². The molecule has 0 aliphatic carbocycles. The molecule has 0 saturated carbocycles. The normalized spacial score (nSPS) is 10.3. The first-order chi connectivity index (χ1) is 9.60. The van der Waals surface area contributed by atoms with Crippen molar-refractivity contribution in [1.29, 1.82) is 0 Å². The van der Waals surface area contributed by atoms with E-state index in [9.17, 15) is 4.79 Å². The lowest BCUT2D eigenvalue weighted by Gasteiger charge is -2.10. The molecule has 4 heteroatoms. The molecule has 3 N–H and O–H groups in total. The molecule has 3 nitrogen and oxygen atoms in total. The summed E-state index contributed by atoms with van der Waals surface area (Å²) in [4.78, 5) is 12.1. The summed E-state index contributed by atoms with van der Waals surface area (Å²) in [5, 5.41) is 3.37. The maximum Gasteiger partial charge on any atom is 0.228 e. The molecule has 2 aromatic rings. The number of nitrogens with one attached hydrogen (secondary N) is 1. The van der Waals surface area contributed by atoms with Gasteiger partial charge in [0.1, 0.15) is 0 Å². The maximum atomic E-state index is 12.1. The van der Waals surface area contributed by atoms with Gasteiger partial charge in [-0.1, -0.05) is 41.9 Å². The van der Waals surface area contributed by atoms with Crippen molar-refractivity contribution in [3.8, 4) is 0 Å². The van der Waals surface area contributed by atoms with Gasteiger partial charge in [-0.15, -0.1) is 0 Å². The van der Waals surface area contributed by atoms with Crippen molar-refractivity contribution >= 4 is 23.2 Å². The molecule has 0 fully saturated rings. The van der Waals surface area contributed by atoms with Gasteiger partial charge in [-0.05, 0) is 35.7 Å². The number of hydrogen-bond donors (Lipinski definition) is 2. The van der Waals surface area contributed by atoms with Gasteiger partial charge in [-0.3, -0.25) is 4.79 Å². The van der Waals surface area contributed by atoms with Crippen molar-refractivity contribution in [2.24, 2.45) is 5.73 Å². The maximum absolute atomic E-state index is 12.1. The summed E-state index contributed by atoms with van der Waals surface area (Å²) < 4.78 is 0. The Morgan fingerprint density at radius 2 is 1.90 bits per heavy atom. The summed E-state index contributed by atoms with van der Waals surface area (Å²) in [5.74, 6) is -0.100. The van der Waals surface area contributed by atoms with E-state index >= 15 is 0 Å². The van der Waals surface area contributed by atoms with Crippen LogP contribution in [0.1, 0.15) is 16.7 Å². The Morgan fingerprint density at radius 3 is 2.55 bits per heavy atom. The van der Waals surface area contributed by atoms with Crippen molar-refractivity contribution in [2.75, 3.05) is 5.32 Å². The van der Waals surface area contributed by atoms with Crippen molar-refractivity contribution in [2.45, 2.75) is 19.9 Å². The number of aryl methyl sites for hydroxylation is 1. The largest absolute Gasteiger partial charge is 0.326 e. The second-order valence-corrected chi connectivity index (χ2v) is 5.09. The van der Waals surface area contributed by atoms with Crippen LogP contribution in [0.4, 0.5) is 5.69 Å². The SMILES string of the molecule is Cc1ccc(NC(=O)Cc2ccccc2CN)c(Cl)c1. The third-order valence-corrected chi connectivity index (χ3v) is 3.40. The average Bonchev–Trinajstić information content (AvgIpc) is 2.42. The van der Waals surface area contributed by atoms with Crippen LogP contribution >= 0.6 is 11.6 Å². The fourth-order valence-electron chi connectivity index (χ4n) is 2.02. The van der Waals surface area contributed by atoms with Gasteiger partial charge in [0.25, 0.3) is 0 Å². The number of anilines is 1. The Balaban J connectivity index is 2.09. The van der Waals surface area contributed by atoms with Crippen LogP contribution in [0.15, 0.2) is 42.5 Å². The van der Waals surface area contributed by atoms with E-state index in [-0.39, 0.29) is 12.3 Å². The molecule has 1 amide bonds. The van der Waals surface area contributed by atoms with Crippen molar-refractivity contribution in [3.63, 3.8) is 0 Å². The molecule has 2 rings (SSSR count). The van der Waals surface area contributed by atoms with Crippen LogP contribution in [-0.4, -0.2) is 5.91 Å². The minimum atomic E-state index is -0.100. The van der Waals surface area contributed by atoms with E-state index in [2.05, 4.69) is 5.32 Å².